The average Bonchev–Trinajstić information content (AvgIpc) is 1.81. The lowest BCUT2D eigenvalue weighted by molar-refractivity contribution is 0.0683. The molecule has 0 aromatic heterocycles. The van der Waals surface area contributed by atoms with E-state index in [4.69, 9.17) is 0 Å². The number of rotatable bonds is 2. The number of aliphatic hydroxyl groups is 1. The third kappa shape index (κ3) is 3.14. The fourth-order valence-electron chi connectivity index (χ4n) is 2.57. The van der Waals surface area contributed by atoms with Crippen molar-refractivity contribution in [3.05, 3.63) is 0 Å². The van der Waals surface area contributed by atoms with E-state index in [1.165, 1.54) is 12.8 Å². The van der Waals surface area contributed by atoms with Crippen molar-refractivity contribution in [1.82, 2.24) is 0 Å². The molecule has 0 aromatic rings. The molecule has 0 aliphatic heterocycles. The van der Waals surface area contributed by atoms with Gasteiger partial charge in [0.15, 0.2) is 0 Å². The van der Waals surface area contributed by atoms with Crippen molar-refractivity contribution in [2.45, 2.75) is 52.6 Å². The van der Waals surface area contributed by atoms with Crippen molar-refractivity contribution in [2.24, 2.45) is 17.8 Å². The minimum absolute atomic E-state index is 0.0162. The zero-order valence-electron chi connectivity index (χ0n) is 8.59. The maximum Gasteiger partial charge on any atom is 0.0545 e. The normalized spacial score (nSPS) is 37.2. The average molecular weight is 170 g/mol. The van der Waals surface area contributed by atoms with E-state index in [-0.39, 0.29) is 6.10 Å². The molecule has 1 aliphatic carbocycles. The van der Waals surface area contributed by atoms with Crippen LogP contribution >= 0.6 is 0 Å². The van der Waals surface area contributed by atoms with Gasteiger partial charge in [-0.15, -0.1) is 0 Å². The van der Waals surface area contributed by atoms with Crippen molar-refractivity contribution in [3.63, 3.8) is 0 Å². The molecule has 0 amide bonds. The number of aliphatic hydroxyl groups excluding tert-OH is 1. The third-order valence-corrected chi connectivity index (χ3v) is 2.82. The van der Waals surface area contributed by atoms with E-state index in [1.807, 2.05) is 0 Å². The van der Waals surface area contributed by atoms with E-state index in [0.29, 0.717) is 0 Å². The Morgan fingerprint density at radius 1 is 1.25 bits per heavy atom. The summed E-state index contributed by atoms with van der Waals surface area (Å²) in [5.74, 6) is 2.30. The van der Waals surface area contributed by atoms with Gasteiger partial charge >= 0.3 is 0 Å². The van der Waals surface area contributed by atoms with Gasteiger partial charge in [0, 0.05) is 0 Å². The van der Waals surface area contributed by atoms with E-state index in [2.05, 4.69) is 20.8 Å². The molecule has 0 saturated heterocycles. The van der Waals surface area contributed by atoms with Crippen molar-refractivity contribution in [2.75, 3.05) is 0 Å². The molecule has 1 fully saturated rings. The van der Waals surface area contributed by atoms with Gasteiger partial charge in [-0.25, -0.2) is 0 Å². The van der Waals surface area contributed by atoms with Crippen molar-refractivity contribution < 1.29 is 5.11 Å². The summed E-state index contributed by atoms with van der Waals surface area (Å²) in [5.41, 5.74) is 0. The fraction of sp³-hybridized carbons (Fsp3) is 1.00. The van der Waals surface area contributed by atoms with Gasteiger partial charge in [-0.1, -0.05) is 20.8 Å². The monoisotopic (exact) mass is 170 g/mol. The highest BCUT2D eigenvalue weighted by molar-refractivity contribution is 4.76. The van der Waals surface area contributed by atoms with Crippen LogP contribution in [0.3, 0.4) is 0 Å². The molecule has 1 N–H and O–H groups in total. The van der Waals surface area contributed by atoms with Gasteiger partial charge in [0.25, 0.3) is 0 Å². The molecule has 2 unspecified atom stereocenters. The van der Waals surface area contributed by atoms with Crippen LogP contribution in [0.15, 0.2) is 0 Å². The van der Waals surface area contributed by atoms with Gasteiger partial charge in [-0.2, -0.15) is 0 Å². The Labute approximate surface area is 76.2 Å². The minimum atomic E-state index is -0.0162. The zero-order valence-corrected chi connectivity index (χ0v) is 8.59. The van der Waals surface area contributed by atoms with Gasteiger partial charge in [-0.3, -0.25) is 0 Å². The molecule has 1 rings (SSSR count). The molecule has 12 heavy (non-hydrogen) atoms. The standard InChI is InChI=1S/C11H22O/c1-8(2)4-10-5-9(3)6-11(12)7-10/h8-12H,4-7H2,1-3H3/t9-,10?,11?/m1/s1. The van der Waals surface area contributed by atoms with Crippen LogP contribution < -0.4 is 0 Å². The SMILES string of the molecule is CC(C)CC1CC(O)C[C@H](C)C1. The lowest BCUT2D eigenvalue weighted by Crippen LogP contribution is -2.25. The van der Waals surface area contributed by atoms with Crippen molar-refractivity contribution in [1.29, 1.82) is 0 Å². The fourth-order valence-corrected chi connectivity index (χ4v) is 2.57. The molecular weight excluding hydrogens is 148 g/mol. The predicted molar refractivity (Wildman–Crippen MR) is 52.0 cm³/mol. The first-order chi connectivity index (χ1) is 5.58. The van der Waals surface area contributed by atoms with E-state index >= 15 is 0 Å². The van der Waals surface area contributed by atoms with Gasteiger partial charge in [0.2, 0.25) is 0 Å². The topological polar surface area (TPSA) is 20.2 Å². The van der Waals surface area contributed by atoms with E-state index < -0.39 is 0 Å². The summed E-state index contributed by atoms with van der Waals surface area (Å²) in [7, 11) is 0. The molecule has 72 valence electrons. The highest BCUT2D eigenvalue weighted by atomic mass is 16.3. The molecule has 0 spiro atoms. The maximum atomic E-state index is 9.56. The Morgan fingerprint density at radius 3 is 2.42 bits per heavy atom. The smallest absolute Gasteiger partial charge is 0.0545 e. The first kappa shape index (κ1) is 10.0. The summed E-state index contributed by atoms with van der Waals surface area (Å²) in [4.78, 5) is 0. The minimum Gasteiger partial charge on any atom is -0.393 e. The summed E-state index contributed by atoms with van der Waals surface area (Å²) < 4.78 is 0. The van der Waals surface area contributed by atoms with Crippen LogP contribution in [-0.2, 0) is 0 Å². The van der Waals surface area contributed by atoms with E-state index in [9.17, 15) is 5.11 Å². The molecule has 1 aliphatic rings. The van der Waals surface area contributed by atoms with Crippen LogP contribution in [0.1, 0.15) is 46.5 Å². The molecular formula is C11H22O. The van der Waals surface area contributed by atoms with Crippen LogP contribution in [0, 0.1) is 17.8 Å². The summed E-state index contributed by atoms with van der Waals surface area (Å²) >= 11 is 0. The zero-order chi connectivity index (χ0) is 9.14. The van der Waals surface area contributed by atoms with Gasteiger partial charge in [0.05, 0.1) is 6.10 Å². The molecule has 3 atom stereocenters. The lowest BCUT2D eigenvalue weighted by atomic mass is 9.77. The highest BCUT2D eigenvalue weighted by Crippen LogP contribution is 2.32. The van der Waals surface area contributed by atoms with Crippen LogP contribution in [0.2, 0.25) is 0 Å². The maximum absolute atomic E-state index is 9.56. The Bertz CT molecular complexity index is 118. The molecule has 0 bridgehead atoms. The first-order valence-electron chi connectivity index (χ1n) is 5.26. The number of hydrogen-bond donors (Lipinski definition) is 1. The molecule has 0 heterocycles. The van der Waals surface area contributed by atoms with Crippen LogP contribution in [0.4, 0.5) is 0 Å². The summed E-state index contributed by atoms with van der Waals surface area (Å²) in [6.45, 7) is 6.80. The lowest BCUT2D eigenvalue weighted by Gasteiger charge is -2.31. The Morgan fingerprint density at radius 2 is 1.92 bits per heavy atom. The summed E-state index contributed by atoms with van der Waals surface area (Å²) in [6, 6.07) is 0. The highest BCUT2D eigenvalue weighted by Gasteiger charge is 2.25. The third-order valence-electron chi connectivity index (χ3n) is 2.82. The Hall–Kier alpha value is -0.0400. The van der Waals surface area contributed by atoms with Crippen LogP contribution in [0.5, 0.6) is 0 Å². The molecule has 0 radical (unpaired) electrons. The largest absolute Gasteiger partial charge is 0.393 e. The second-order valence-corrected chi connectivity index (χ2v) is 4.96. The molecule has 1 saturated carbocycles. The van der Waals surface area contributed by atoms with Gasteiger partial charge in [-0.05, 0) is 43.4 Å². The number of hydrogen-bond acceptors (Lipinski definition) is 1. The van der Waals surface area contributed by atoms with Crippen molar-refractivity contribution in [3.8, 4) is 0 Å². The Balaban J connectivity index is 2.34. The summed E-state index contributed by atoms with van der Waals surface area (Å²) in [5, 5.41) is 9.56. The van der Waals surface area contributed by atoms with Gasteiger partial charge in [0.1, 0.15) is 0 Å². The molecule has 1 nitrogen and oxygen atoms in total. The molecule has 1 heteroatoms. The first-order valence-corrected chi connectivity index (χ1v) is 5.26. The van der Waals surface area contributed by atoms with E-state index in [0.717, 1.165) is 30.6 Å². The molecule has 0 aromatic carbocycles. The second-order valence-electron chi connectivity index (χ2n) is 4.96. The second kappa shape index (κ2) is 4.27. The summed E-state index contributed by atoms with van der Waals surface area (Å²) in [6.07, 6.45) is 4.67. The van der Waals surface area contributed by atoms with Gasteiger partial charge < -0.3 is 5.11 Å². The van der Waals surface area contributed by atoms with Crippen molar-refractivity contribution >= 4 is 0 Å². The van der Waals surface area contributed by atoms with E-state index in [1.54, 1.807) is 0 Å². The van der Waals surface area contributed by atoms with Crippen LogP contribution in [-0.4, -0.2) is 11.2 Å². The Kier molecular flexibility index (Phi) is 3.57. The quantitative estimate of drug-likeness (QED) is 0.675. The predicted octanol–water partition coefficient (Wildman–Crippen LogP) is 2.83. The van der Waals surface area contributed by atoms with Crippen LogP contribution in [0.25, 0.3) is 0 Å².